The molecule has 0 N–H and O–H groups in total. The Morgan fingerprint density at radius 2 is 1.87 bits per heavy atom. The van der Waals surface area contributed by atoms with Gasteiger partial charge in [-0.25, -0.2) is 4.39 Å². The molecule has 1 fully saturated rings. The number of rotatable bonds is 7. The minimum atomic E-state index is -0.847. The number of allylic oxidation sites excluding steroid dienone is 1. The Kier molecular flexibility index (Phi) is 6.87. The molecule has 0 radical (unpaired) electrons. The van der Waals surface area contributed by atoms with Crippen LogP contribution in [0, 0.1) is 17.6 Å². The fraction of sp³-hybridized carbons (Fsp3) is 0.579. The molecule has 0 aromatic heterocycles. The Bertz CT molecular complexity index is 520. The number of halogens is 2. The van der Waals surface area contributed by atoms with Crippen molar-refractivity contribution >= 4 is 0 Å². The molecule has 1 aliphatic carbocycles. The zero-order valence-corrected chi connectivity index (χ0v) is 14.0. The Morgan fingerprint density at radius 1 is 1.13 bits per heavy atom. The van der Waals surface area contributed by atoms with E-state index in [1.54, 1.807) is 25.5 Å². The molecular formula is C19H26F2O2. The van der Waals surface area contributed by atoms with E-state index in [2.05, 4.69) is 6.08 Å². The molecule has 4 heteroatoms. The van der Waals surface area contributed by atoms with Crippen molar-refractivity contribution in [1.29, 1.82) is 0 Å². The first-order valence-electron chi connectivity index (χ1n) is 8.47. The highest BCUT2D eigenvalue weighted by atomic mass is 19.2. The predicted octanol–water partition coefficient (Wildman–Crippen LogP) is 5.58. The van der Waals surface area contributed by atoms with Gasteiger partial charge in [-0.05, 0) is 61.6 Å². The smallest absolute Gasteiger partial charge is 0.200 e. The molecule has 0 heterocycles. The van der Waals surface area contributed by atoms with Crippen LogP contribution in [0.5, 0.6) is 5.75 Å². The lowest BCUT2D eigenvalue weighted by molar-refractivity contribution is 0.286. The zero-order valence-electron chi connectivity index (χ0n) is 14.0. The van der Waals surface area contributed by atoms with Gasteiger partial charge < -0.3 is 9.47 Å². The number of methoxy groups -OCH3 is 1. The van der Waals surface area contributed by atoms with Crippen molar-refractivity contribution in [3.05, 3.63) is 41.7 Å². The molecule has 1 saturated carbocycles. The second-order valence-electron chi connectivity index (χ2n) is 6.16. The largest absolute Gasteiger partial charge is 0.505 e. The topological polar surface area (TPSA) is 18.5 Å². The first kappa shape index (κ1) is 17.8. The first-order valence-corrected chi connectivity index (χ1v) is 8.47. The summed E-state index contributed by atoms with van der Waals surface area (Å²) in [6, 6.07) is 3.26. The molecule has 0 saturated heterocycles. The molecule has 1 aromatic carbocycles. The molecular weight excluding hydrogens is 298 g/mol. The van der Waals surface area contributed by atoms with Crippen LogP contribution >= 0.6 is 0 Å². The van der Waals surface area contributed by atoms with Crippen molar-refractivity contribution in [1.82, 2.24) is 0 Å². The second kappa shape index (κ2) is 8.90. The average Bonchev–Trinajstić information content (AvgIpc) is 2.58. The summed E-state index contributed by atoms with van der Waals surface area (Å²) in [5.74, 6) is -1.01. The third-order valence-electron chi connectivity index (χ3n) is 4.53. The maximum atomic E-state index is 14.4. The lowest BCUT2D eigenvalue weighted by Gasteiger charge is -2.27. The summed E-state index contributed by atoms with van der Waals surface area (Å²) in [7, 11) is 1.63. The number of ether oxygens (including phenoxy) is 2. The van der Waals surface area contributed by atoms with E-state index in [9.17, 15) is 8.78 Å². The molecule has 0 unspecified atom stereocenters. The summed E-state index contributed by atoms with van der Waals surface area (Å²) in [5.41, 5.74) is 0.486. The molecule has 0 amide bonds. The van der Waals surface area contributed by atoms with Crippen molar-refractivity contribution in [3.63, 3.8) is 0 Å². The Morgan fingerprint density at radius 3 is 2.52 bits per heavy atom. The minimum Gasteiger partial charge on any atom is -0.505 e. The van der Waals surface area contributed by atoms with Crippen LogP contribution in [-0.4, -0.2) is 13.7 Å². The van der Waals surface area contributed by atoms with E-state index in [0.717, 1.165) is 38.5 Å². The highest BCUT2D eigenvalue weighted by molar-refractivity contribution is 5.33. The molecule has 0 aliphatic heterocycles. The van der Waals surface area contributed by atoms with Crippen LogP contribution in [0.1, 0.15) is 56.9 Å². The maximum Gasteiger partial charge on any atom is 0.200 e. The van der Waals surface area contributed by atoms with E-state index in [0.29, 0.717) is 18.1 Å². The molecule has 0 bridgehead atoms. The predicted molar refractivity (Wildman–Crippen MR) is 87.6 cm³/mol. The van der Waals surface area contributed by atoms with Gasteiger partial charge in [-0.1, -0.05) is 19.4 Å². The number of unbranched alkanes of at least 4 members (excludes halogenated alkanes) is 1. The fourth-order valence-electron chi connectivity index (χ4n) is 3.11. The van der Waals surface area contributed by atoms with Gasteiger partial charge in [0.25, 0.3) is 0 Å². The molecule has 0 spiro atoms. The Balaban J connectivity index is 2.01. The SMILES string of the molecule is CCCCOc1ccc(C2CCC(C=COC)CC2)c(F)c1F. The summed E-state index contributed by atoms with van der Waals surface area (Å²) in [5, 5.41) is 0. The van der Waals surface area contributed by atoms with Crippen molar-refractivity contribution in [2.24, 2.45) is 5.92 Å². The van der Waals surface area contributed by atoms with Gasteiger partial charge in [0.15, 0.2) is 11.6 Å². The molecule has 23 heavy (non-hydrogen) atoms. The van der Waals surface area contributed by atoms with Crippen molar-refractivity contribution < 1.29 is 18.3 Å². The van der Waals surface area contributed by atoms with Gasteiger partial charge in [-0.15, -0.1) is 0 Å². The van der Waals surface area contributed by atoms with Gasteiger partial charge in [-0.2, -0.15) is 4.39 Å². The molecule has 1 aromatic rings. The minimum absolute atomic E-state index is 0.0245. The lowest BCUT2D eigenvalue weighted by atomic mass is 9.78. The summed E-state index contributed by atoms with van der Waals surface area (Å²) in [6.07, 6.45) is 9.23. The zero-order chi connectivity index (χ0) is 16.7. The quantitative estimate of drug-likeness (QED) is 0.481. The van der Waals surface area contributed by atoms with Crippen molar-refractivity contribution in [3.8, 4) is 5.75 Å². The Labute approximate surface area is 137 Å². The van der Waals surface area contributed by atoms with Crippen molar-refractivity contribution in [2.45, 2.75) is 51.4 Å². The molecule has 1 aliphatic rings. The second-order valence-corrected chi connectivity index (χ2v) is 6.16. The normalized spacial score (nSPS) is 21.6. The molecule has 0 atom stereocenters. The highest BCUT2D eigenvalue weighted by Gasteiger charge is 2.25. The van der Waals surface area contributed by atoms with Gasteiger partial charge in [0.1, 0.15) is 0 Å². The van der Waals surface area contributed by atoms with Crippen LogP contribution in [-0.2, 0) is 4.74 Å². The maximum absolute atomic E-state index is 14.4. The van der Waals surface area contributed by atoms with Gasteiger partial charge in [-0.3, -0.25) is 0 Å². The lowest BCUT2D eigenvalue weighted by Crippen LogP contribution is -2.14. The highest BCUT2D eigenvalue weighted by Crippen LogP contribution is 2.39. The first-order chi connectivity index (χ1) is 11.2. The monoisotopic (exact) mass is 324 g/mol. The van der Waals surface area contributed by atoms with Crippen LogP contribution in [0.25, 0.3) is 0 Å². The number of hydrogen-bond acceptors (Lipinski definition) is 2. The summed E-state index contributed by atoms with van der Waals surface area (Å²) in [4.78, 5) is 0. The van der Waals surface area contributed by atoms with E-state index in [1.165, 1.54) is 0 Å². The van der Waals surface area contributed by atoms with E-state index in [-0.39, 0.29) is 11.7 Å². The summed E-state index contributed by atoms with van der Waals surface area (Å²) < 4.78 is 38.8. The summed E-state index contributed by atoms with van der Waals surface area (Å²) >= 11 is 0. The third kappa shape index (κ3) is 4.69. The van der Waals surface area contributed by atoms with E-state index in [1.807, 2.05) is 6.92 Å². The van der Waals surface area contributed by atoms with Gasteiger partial charge >= 0.3 is 0 Å². The average molecular weight is 324 g/mol. The van der Waals surface area contributed by atoms with Crippen LogP contribution in [0.3, 0.4) is 0 Å². The number of benzene rings is 1. The van der Waals surface area contributed by atoms with Crippen LogP contribution in [0.15, 0.2) is 24.5 Å². The van der Waals surface area contributed by atoms with E-state index < -0.39 is 11.6 Å². The van der Waals surface area contributed by atoms with Gasteiger partial charge in [0, 0.05) is 0 Å². The van der Waals surface area contributed by atoms with E-state index in [4.69, 9.17) is 9.47 Å². The van der Waals surface area contributed by atoms with Crippen LogP contribution in [0.2, 0.25) is 0 Å². The molecule has 2 nitrogen and oxygen atoms in total. The van der Waals surface area contributed by atoms with Crippen molar-refractivity contribution in [2.75, 3.05) is 13.7 Å². The van der Waals surface area contributed by atoms with Gasteiger partial charge in [0.05, 0.1) is 20.0 Å². The third-order valence-corrected chi connectivity index (χ3v) is 4.53. The fourth-order valence-corrected chi connectivity index (χ4v) is 3.11. The standard InChI is InChI=1S/C19H26F2O2/c1-3-4-12-23-17-10-9-16(18(20)19(17)21)15-7-5-14(6-8-15)11-13-22-2/h9-11,13-15H,3-8,12H2,1-2H3. The number of hydrogen-bond donors (Lipinski definition) is 0. The van der Waals surface area contributed by atoms with Crippen LogP contribution in [0.4, 0.5) is 8.78 Å². The molecule has 2 rings (SSSR count). The summed E-state index contributed by atoms with van der Waals surface area (Å²) in [6.45, 7) is 2.45. The van der Waals surface area contributed by atoms with Gasteiger partial charge in [0.2, 0.25) is 5.82 Å². The van der Waals surface area contributed by atoms with Crippen LogP contribution < -0.4 is 4.74 Å². The molecule has 128 valence electrons. The Hall–Kier alpha value is -1.58. The van der Waals surface area contributed by atoms with E-state index >= 15 is 0 Å².